The SMILES string of the molecule is CCc1cnc(CN(C)CC2(O)CCC(C)CC2)s1. The van der Waals surface area contributed by atoms with Gasteiger partial charge in [-0.2, -0.15) is 0 Å². The molecule has 2 rings (SSSR count). The highest BCUT2D eigenvalue weighted by molar-refractivity contribution is 7.11. The molecule has 1 saturated carbocycles. The summed E-state index contributed by atoms with van der Waals surface area (Å²) in [4.78, 5) is 8.01. The number of thiazole rings is 1. The molecule has 0 amide bonds. The molecule has 3 nitrogen and oxygen atoms in total. The van der Waals surface area contributed by atoms with Crippen LogP contribution in [0.25, 0.3) is 0 Å². The second kappa shape index (κ2) is 6.33. The monoisotopic (exact) mass is 282 g/mol. The van der Waals surface area contributed by atoms with E-state index in [9.17, 15) is 5.11 Å². The lowest BCUT2D eigenvalue weighted by molar-refractivity contribution is -0.0315. The Morgan fingerprint density at radius 1 is 1.47 bits per heavy atom. The molecule has 1 aliphatic carbocycles. The van der Waals surface area contributed by atoms with Crippen molar-refractivity contribution in [1.82, 2.24) is 9.88 Å². The number of nitrogens with zero attached hydrogens (tertiary/aromatic N) is 2. The molecular weight excluding hydrogens is 256 g/mol. The van der Waals surface area contributed by atoms with Crippen molar-refractivity contribution in [2.24, 2.45) is 5.92 Å². The van der Waals surface area contributed by atoms with E-state index in [0.717, 1.165) is 56.1 Å². The van der Waals surface area contributed by atoms with Crippen LogP contribution in [0.3, 0.4) is 0 Å². The van der Waals surface area contributed by atoms with Gasteiger partial charge in [0, 0.05) is 17.6 Å². The van der Waals surface area contributed by atoms with E-state index in [1.54, 1.807) is 11.3 Å². The summed E-state index contributed by atoms with van der Waals surface area (Å²) >= 11 is 1.79. The molecule has 0 bridgehead atoms. The fraction of sp³-hybridized carbons (Fsp3) is 0.800. The number of aromatic nitrogens is 1. The van der Waals surface area contributed by atoms with Crippen molar-refractivity contribution in [3.63, 3.8) is 0 Å². The van der Waals surface area contributed by atoms with Gasteiger partial charge in [-0.15, -0.1) is 11.3 Å². The van der Waals surface area contributed by atoms with E-state index in [1.165, 1.54) is 4.88 Å². The van der Waals surface area contributed by atoms with Gasteiger partial charge in [-0.1, -0.05) is 13.8 Å². The Hall–Kier alpha value is -0.450. The van der Waals surface area contributed by atoms with Crippen LogP contribution in [0, 0.1) is 5.92 Å². The van der Waals surface area contributed by atoms with Crippen LogP contribution in [-0.2, 0) is 13.0 Å². The molecule has 0 atom stereocenters. The molecular formula is C15H26N2OS. The molecule has 0 saturated heterocycles. The summed E-state index contributed by atoms with van der Waals surface area (Å²) in [5, 5.41) is 11.8. The number of rotatable bonds is 5. The smallest absolute Gasteiger partial charge is 0.107 e. The van der Waals surface area contributed by atoms with Gasteiger partial charge in [0.1, 0.15) is 5.01 Å². The van der Waals surface area contributed by atoms with Gasteiger partial charge >= 0.3 is 0 Å². The second-order valence-corrected chi connectivity index (χ2v) is 7.35. The zero-order valence-electron chi connectivity index (χ0n) is 12.4. The van der Waals surface area contributed by atoms with Gasteiger partial charge in [-0.25, -0.2) is 4.98 Å². The van der Waals surface area contributed by atoms with E-state index in [4.69, 9.17) is 0 Å². The van der Waals surface area contributed by atoms with Gasteiger partial charge in [0.05, 0.1) is 12.1 Å². The van der Waals surface area contributed by atoms with Gasteiger partial charge in [-0.3, -0.25) is 4.90 Å². The van der Waals surface area contributed by atoms with Crippen LogP contribution in [-0.4, -0.2) is 34.2 Å². The summed E-state index contributed by atoms with van der Waals surface area (Å²) in [7, 11) is 2.09. The molecule has 0 aliphatic heterocycles. The molecule has 0 aromatic carbocycles. The van der Waals surface area contributed by atoms with Crippen LogP contribution in [0.2, 0.25) is 0 Å². The highest BCUT2D eigenvalue weighted by Crippen LogP contribution is 2.32. The van der Waals surface area contributed by atoms with Crippen molar-refractivity contribution >= 4 is 11.3 Å². The summed E-state index contributed by atoms with van der Waals surface area (Å²) < 4.78 is 0. The Balaban J connectivity index is 1.85. The lowest BCUT2D eigenvalue weighted by Gasteiger charge is -2.37. The van der Waals surface area contributed by atoms with Gasteiger partial charge in [0.25, 0.3) is 0 Å². The lowest BCUT2D eigenvalue weighted by Crippen LogP contribution is -2.43. The Bertz CT molecular complexity index is 397. The summed E-state index contributed by atoms with van der Waals surface area (Å²) in [5.74, 6) is 0.775. The molecule has 1 aromatic heterocycles. The third kappa shape index (κ3) is 4.26. The van der Waals surface area contributed by atoms with E-state index < -0.39 is 5.60 Å². The highest BCUT2D eigenvalue weighted by atomic mass is 32.1. The van der Waals surface area contributed by atoms with E-state index in [2.05, 4.69) is 30.8 Å². The average Bonchev–Trinajstić information content (AvgIpc) is 2.80. The van der Waals surface area contributed by atoms with Crippen molar-refractivity contribution in [2.75, 3.05) is 13.6 Å². The summed E-state index contributed by atoms with van der Waals surface area (Å²) in [5.41, 5.74) is -0.480. The summed E-state index contributed by atoms with van der Waals surface area (Å²) in [6.45, 7) is 6.06. The molecule has 4 heteroatoms. The Kier molecular flexibility index (Phi) is 4.98. The summed E-state index contributed by atoms with van der Waals surface area (Å²) in [6.07, 6.45) is 7.23. The number of likely N-dealkylation sites (N-methyl/N-ethyl adjacent to an activating group) is 1. The minimum Gasteiger partial charge on any atom is -0.389 e. The third-order valence-corrected chi connectivity index (χ3v) is 5.25. The van der Waals surface area contributed by atoms with Crippen molar-refractivity contribution < 1.29 is 5.11 Å². The highest BCUT2D eigenvalue weighted by Gasteiger charge is 2.32. The third-order valence-electron chi connectivity index (χ3n) is 4.12. The molecule has 1 heterocycles. The quantitative estimate of drug-likeness (QED) is 0.901. The van der Waals surface area contributed by atoms with Crippen LogP contribution in [0.1, 0.15) is 49.4 Å². The van der Waals surface area contributed by atoms with Crippen molar-refractivity contribution in [2.45, 2.75) is 58.1 Å². The van der Waals surface area contributed by atoms with Crippen LogP contribution in [0.5, 0.6) is 0 Å². The molecule has 1 fully saturated rings. The number of aryl methyl sites for hydroxylation is 1. The first-order valence-electron chi connectivity index (χ1n) is 7.35. The fourth-order valence-electron chi connectivity index (χ4n) is 2.83. The normalized spacial score (nSPS) is 27.9. The first-order chi connectivity index (χ1) is 9.00. The molecule has 1 aliphatic rings. The van der Waals surface area contributed by atoms with Crippen molar-refractivity contribution in [3.05, 3.63) is 16.1 Å². The zero-order chi connectivity index (χ0) is 13.9. The number of aliphatic hydroxyl groups is 1. The molecule has 108 valence electrons. The van der Waals surface area contributed by atoms with Gasteiger partial charge in [-0.05, 0) is 45.1 Å². The average molecular weight is 282 g/mol. The van der Waals surface area contributed by atoms with E-state index in [-0.39, 0.29) is 0 Å². The van der Waals surface area contributed by atoms with Crippen molar-refractivity contribution in [3.8, 4) is 0 Å². The predicted molar refractivity (Wildman–Crippen MR) is 80.4 cm³/mol. The Morgan fingerprint density at radius 2 is 2.16 bits per heavy atom. The molecule has 0 unspecified atom stereocenters. The zero-order valence-corrected chi connectivity index (χ0v) is 13.2. The first-order valence-corrected chi connectivity index (χ1v) is 8.17. The molecule has 19 heavy (non-hydrogen) atoms. The molecule has 0 radical (unpaired) electrons. The number of hydrogen-bond donors (Lipinski definition) is 1. The van der Waals surface area contributed by atoms with Gasteiger partial charge in [0.15, 0.2) is 0 Å². The van der Waals surface area contributed by atoms with Crippen molar-refractivity contribution in [1.29, 1.82) is 0 Å². The maximum atomic E-state index is 10.6. The largest absolute Gasteiger partial charge is 0.389 e. The lowest BCUT2D eigenvalue weighted by atomic mass is 9.79. The Labute approximate surface area is 120 Å². The predicted octanol–water partition coefficient (Wildman–Crippen LogP) is 3.08. The number of hydrogen-bond acceptors (Lipinski definition) is 4. The summed E-state index contributed by atoms with van der Waals surface area (Å²) in [6, 6.07) is 0. The van der Waals surface area contributed by atoms with Gasteiger partial charge in [0.2, 0.25) is 0 Å². The minimum atomic E-state index is -0.480. The fourth-order valence-corrected chi connectivity index (χ4v) is 3.77. The van der Waals surface area contributed by atoms with Crippen LogP contribution in [0.4, 0.5) is 0 Å². The van der Waals surface area contributed by atoms with Crippen LogP contribution in [0.15, 0.2) is 6.20 Å². The standard InChI is InChI=1S/C15H26N2OS/c1-4-13-9-16-14(19-13)10-17(3)11-15(18)7-5-12(2)6-8-15/h9,12,18H,4-8,10-11H2,1-3H3. The maximum Gasteiger partial charge on any atom is 0.107 e. The van der Waals surface area contributed by atoms with E-state index >= 15 is 0 Å². The van der Waals surface area contributed by atoms with E-state index in [1.807, 2.05) is 6.20 Å². The topological polar surface area (TPSA) is 36.4 Å². The van der Waals surface area contributed by atoms with E-state index in [0.29, 0.717) is 0 Å². The molecule has 1 aromatic rings. The van der Waals surface area contributed by atoms with Crippen LogP contribution >= 0.6 is 11.3 Å². The molecule has 0 spiro atoms. The van der Waals surface area contributed by atoms with Gasteiger partial charge < -0.3 is 5.11 Å². The maximum absolute atomic E-state index is 10.6. The molecule has 1 N–H and O–H groups in total. The van der Waals surface area contributed by atoms with Crippen LogP contribution < -0.4 is 0 Å². The first kappa shape index (κ1) is 14.9. The minimum absolute atomic E-state index is 0.480. The second-order valence-electron chi connectivity index (χ2n) is 6.15. The Morgan fingerprint density at radius 3 is 2.74 bits per heavy atom.